The molecule has 0 radical (unpaired) electrons. The third-order valence-electron chi connectivity index (χ3n) is 3.68. The summed E-state index contributed by atoms with van der Waals surface area (Å²) in [6.45, 7) is 8.63. The van der Waals surface area contributed by atoms with E-state index >= 15 is 0 Å². The van der Waals surface area contributed by atoms with Crippen molar-refractivity contribution in [2.45, 2.75) is 65.5 Å². The SMILES string of the molecule is CCC(O)CCNC(=O)c1cc(C)n(C(CC)CC)n1. The monoisotopic (exact) mass is 281 g/mol. The highest BCUT2D eigenvalue weighted by Gasteiger charge is 2.16. The topological polar surface area (TPSA) is 67.2 Å². The van der Waals surface area contributed by atoms with Gasteiger partial charge in [0.2, 0.25) is 0 Å². The molecule has 0 spiro atoms. The first-order valence-corrected chi connectivity index (χ1v) is 7.55. The predicted octanol–water partition coefficient (Wildman–Crippen LogP) is 2.44. The first-order chi connectivity index (χ1) is 9.53. The third kappa shape index (κ3) is 4.34. The first kappa shape index (κ1) is 16.7. The van der Waals surface area contributed by atoms with Crippen molar-refractivity contribution < 1.29 is 9.90 Å². The molecule has 1 aromatic rings. The van der Waals surface area contributed by atoms with E-state index in [9.17, 15) is 9.90 Å². The summed E-state index contributed by atoms with van der Waals surface area (Å²) in [6.07, 6.45) is 2.94. The van der Waals surface area contributed by atoms with E-state index < -0.39 is 0 Å². The molecule has 5 heteroatoms. The average molecular weight is 281 g/mol. The van der Waals surface area contributed by atoms with Gasteiger partial charge >= 0.3 is 0 Å². The lowest BCUT2D eigenvalue weighted by Gasteiger charge is -2.14. The quantitative estimate of drug-likeness (QED) is 0.769. The fraction of sp³-hybridized carbons (Fsp3) is 0.733. The summed E-state index contributed by atoms with van der Waals surface area (Å²) >= 11 is 0. The van der Waals surface area contributed by atoms with Gasteiger partial charge in [0.05, 0.1) is 12.1 Å². The standard InChI is InChI=1S/C15H27N3O2/c1-5-12(6-2)18-11(4)10-14(17-18)15(20)16-9-8-13(19)7-3/h10,12-13,19H,5-9H2,1-4H3,(H,16,20). The minimum atomic E-state index is -0.348. The molecule has 1 heterocycles. The Hall–Kier alpha value is -1.36. The average Bonchev–Trinajstić information content (AvgIpc) is 2.82. The largest absolute Gasteiger partial charge is 0.393 e. The number of aliphatic hydroxyl groups is 1. The summed E-state index contributed by atoms with van der Waals surface area (Å²) in [7, 11) is 0. The summed E-state index contributed by atoms with van der Waals surface area (Å²) in [5, 5.41) is 16.7. The normalized spacial score (nSPS) is 12.7. The van der Waals surface area contributed by atoms with E-state index in [4.69, 9.17) is 0 Å². The Morgan fingerprint density at radius 2 is 2.00 bits per heavy atom. The predicted molar refractivity (Wildman–Crippen MR) is 79.8 cm³/mol. The zero-order valence-electron chi connectivity index (χ0n) is 13.0. The summed E-state index contributed by atoms with van der Waals surface area (Å²) in [5.41, 5.74) is 1.47. The summed E-state index contributed by atoms with van der Waals surface area (Å²) < 4.78 is 1.94. The van der Waals surface area contributed by atoms with Crippen LogP contribution in [0.4, 0.5) is 0 Å². The van der Waals surface area contributed by atoms with Crippen LogP contribution in [0.2, 0.25) is 0 Å². The minimum absolute atomic E-state index is 0.166. The molecule has 1 unspecified atom stereocenters. The Kier molecular flexibility index (Phi) is 6.71. The molecule has 1 atom stereocenters. The van der Waals surface area contributed by atoms with E-state index in [-0.39, 0.29) is 12.0 Å². The molecule has 5 nitrogen and oxygen atoms in total. The van der Waals surface area contributed by atoms with Crippen LogP contribution in [0.25, 0.3) is 0 Å². The second kappa shape index (κ2) is 8.04. The van der Waals surface area contributed by atoms with Gasteiger partial charge in [-0.2, -0.15) is 5.10 Å². The lowest BCUT2D eigenvalue weighted by molar-refractivity contribution is 0.0935. The maximum atomic E-state index is 12.0. The number of carbonyl (C=O) groups excluding carboxylic acids is 1. The van der Waals surface area contributed by atoms with Crippen LogP contribution in [0, 0.1) is 6.92 Å². The van der Waals surface area contributed by atoms with Gasteiger partial charge in [-0.15, -0.1) is 0 Å². The van der Waals surface area contributed by atoms with Gasteiger partial charge in [-0.3, -0.25) is 9.48 Å². The van der Waals surface area contributed by atoms with Gasteiger partial charge in [-0.1, -0.05) is 20.8 Å². The van der Waals surface area contributed by atoms with Crippen LogP contribution in [-0.4, -0.2) is 33.4 Å². The zero-order chi connectivity index (χ0) is 15.1. The highest BCUT2D eigenvalue weighted by Crippen LogP contribution is 2.17. The van der Waals surface area contributed by atoms with Crippen molar-refractivity contribution in [2.75, 3.05) is 6.54 Å². The third-order valence-corrected chi connectivity index (χ3v) is 3.68. The van der Waals surface area contributed by atoms with E-state index in [0.717, 1.165) is 18.5 Å². The highest BCUT2D eigenvalue weighted by molar-refractivity contribution is 5.92. The van der Waals surface area contributed by atoms with Crippen LogP contribution in [0.5, 0.6) is 0 Å². The summed E-state index contributed by atoms with van der Waals surface area (Å²) in [5.74, 6) is -0.166. The number of nitrogens with one attached hydrogen (secondary N) is 1. The summed E-state index contributed by atoms with van der Waals surface area (Å²) in [4.78, 5) is 12.0. The Bertz CT molecular complexity index is 425. The smallest absolute Gasteiger partial charge is 0.271 e. The number of rotatable bonds is 8. The van der Waals surface area contributed by atoms with Crippen LogP contribution in [0.15, 0.2) is 6.07 Å². The lowest BCUT2D eigenvalue weighted by atomic mass is 10.2. The number of aromatic nitrogens is 2. The van der Waals surface area contributed by atoms with Crippen molar-refractivity contribution in [1.82, 2.24) is 15.1 Å². The molecule has 20 heavy (non-hydrogen) atoms. The minimum Gasteiger partial charge on any atom is -0.393 e. The van der Waals surface area contributed by atoms with Gasteiger partial charge < -0.3 is 10.4 Å². The molecule has 2 N–H and O–H groups in total. The molecule has 114 valence electrons. The van der Waals surface area contributed by atoms with Crippen molar-refractivity contribution in [3.05, 3.63) is 17.5 Å². The molecule has 1 rings (SSSR count). The van der Waals surface area contributed by atoms with Crippen molar-refractivity contribution in [3.63, 3.8) is 0 Å². The molecule has 1 aromatic heterocycles. The fourth-order valence-electron chi connectivity index (χ4n) is 2.25. The maximum Gasteiger partial charge on any atom is 0.271 e. The van der Waals surface area contributed by atoms with Crippen molar-refractivity contribution in [2.24, 2.45) is 0 Å². The number of aliphatic hydroxyl groups excluding tert-OH is 1. The number of hydrogen-bond donors (Lipinski definition) is 2. The maximum absolute atomic E-state index is 12.0. The Morgan fingerprint density at radius 1 is 1.35 bits per heavy atom. The second-order valence-corrected chi connectivity index (χ2v) is 5.19. The molecule has 0 aromatic carbocycles. The molecule has 1 amide bonds. The zero-order valence-corrected chi connectivity index (χ0v) is 13.0. The molecule has 0 bridgehead atoms. The van der Waals surface area contributed by atoms with Gasteiger partial charge in [0.1, 0.15) is 5.69 Å². The van der Waals surface area contributed by atoms with Crippen LogP contribution in [0.3, 0.4) is 0 Å². The Labute approximate surface area is 121 Å². The van der Waals surface area contributed by atoms with Gasteiger partial charge in [-0.25, -0.2) is 0 Å². The Morgan fingerprint density at radius 3 is 2.55 bits per heavy atom. The van der Waals surface area contributed by atoms with Crippen LogP contribution in [0.1, 0.15) is 68.7 Å². The van der Waals surface area contributed by atoms with Crippen molar-refractivity contribution in [1.29, 1.82) is 0 Å². The Balaban J connectivity index is 2.63. The number of aryl methyl sites for hydroxylation is 1. The number of carbonyl (C=O) groups is 1. The number of hydrogen-bond acceptors (Lipinski definition) is 3. The van der Waals surface area contributed by atoms with Gasteiger partial charge in [0.25, 0.3) is 5.91 Å². The second-order valence-electron chi connectivity index (χ2n) is 5.19. The van der Waals surface area contributed by atoms with Crippen molar-refractivity contribution >= 4 is 5.91 Å². The van der Waals surface area contributed by atoms with E-state index in [1.807, 2.05) is 24.6 Å². The van der Waals surface area contributed by atoms with E-state index in [2.05, 4.69) is 24.3 Å². The van der Waals surface area contributed by atoms with Gasteiger partial charge in [-0.05, 0) is 38.7 Å². The van der Waals surface area contributed by atoms with Crippen molar-refractivity contribution in [3.8, 4) is 0 Å². The fourth-order valence-corrected chi connectivity index (χ4v) is 2.25. The summed E-state index contributed by atoms with van der Waals surface area (Å²) in [6, 6.07) is 2.17. The number of nitrogens with zero attached hydrogens (tertiary/aromatic N) is 2. The van der Waals surface area contributed by atoms with E-state index in [0.29, 0.717) is 31.1 Å². The molecule has 0 fully saturated rings. The molecule has 0 aliphatic carbocycles. The molecular weight excluding hydrogens is 254 g/mol. The molecule has 0 saturated heterocycles. The molecule has 0 saturated carbocycles. The molecular formula is C15H27N3O2. The number of amides is 1. The lowest BCUT2D eigenvalue weighted by Crippen LogP contribution is -2.27. The van der Waals surface area contributed by atoms with Crippen LogP contribution >= 0.6 is 0 Å². The first-order valence-electron chi connectivity index (χ1n) is 7.55. The van der Waals surface area contributed by atoms with E-state index in [1.54, 1.807) is 0 Å². The van der Waals surface area contributed by atoms with Gasteiger partial charge in [0, 0.05) is 12.2 Å². The molecule has 0 aliphatic rings. The van der Waals surface area contributed by atoms with Crippen LogP contribution in [-0.2, 0) is 0 Å². The van der Waals surface area contributed by atoms with Gasteiger partial charge in [0.15, 0.2) is 0 Å². The van der Waals surface area contributed by atoms with E-state index in [1.165, 1.54) is 0 Å². The highest BCUT2D eigenvalue weighted by atomic mass is 16.3. The van der Waals surface area contributed by atoms with Crippen LogP contribution < -0.4 is 5.32 Å². The molecule has 0 aliphatic heterocycles.